The van der Waals surface area contributed by atoms with E-state index in [1.165, 1.54) is 6.42 Å². The minimum Gasteiger partial charge on any atom is -0.379 e. The van der Waals surface area contributed by atoms with Gasteiger partial charge in [-0.05, 0) is 25.3 Å². The van der Waals surface area contributed by atoms with Crippen LogP contribution in [0.2, 0.25) is 0 Å². The minimum atomic E-state index is 0.184. The highest BCUT2D eigenvalue weighted by Crippen LogP contribution is 2.13. The predicted octanol–water partition coefficient (Wildman–Crippen LogP) is 0.602. The summed E-state index contributed by atoms with van der Waals surface area (Å²) in [7, 11) is 0. The summed E-state index contributed by atoms with van der Waals surface area (Å²) in [5.41, 5.74) is 0. The maximum Gasteiger partial charge on any atom is 0.221 e. The SMILES string of the molecule is CC(C)C(CNC(=O)CC1CCCN1)N1CCOCC1. The summed E-state index contributed by atoms with van der Waals surface area (Å²) in [6.07, 6.45) is 2.94. The average molecular weight is 283 g/mol. The summed E-state index contributed by atoms with van der Waals surface area (Å²) in [5.74, 6) is 0.723. The Hall–Kier alpha value is -0.650. The monoisotopic (exact) mass is 283 g/mol. The van der Waals surface area contributed by atoms with E-state index in [0.717, 1.165) is 45.8 Å². The highest BCUT2D eigenvalue weighted by molar-refractivity contribution is 5.76. The second kappa shape index (κ2) is 7.96. The Balaban J connectivity index is 1.74. The normalized spacial score (nSPS) is 25.9. The first kappa shape index (κ1) is 15.7. The maximum atomic E-state index is 12.0. The zero-order valence-electron chi connectivity index (χ0n) is 12.9. The van der Waals surface area contributed by atoms with E-state index in [9.17, 15) is 4.79 Å². The molecule has 2 N–H and O–H groups in total. The van der Waals surface area contributed by atoms with Crippen molar-refractivity contribution in [3.05, 3.63) is 0 Å². The van der Waals surface area contributed by atoms with E-state index in [4.69, 9.17) is 4.74 Å². The van der Waals surface area contributed by atoms with Gasteiger partial charge >= 0.3 is 0 Å². The smallest absolute Gasteiger partial charge is 0.221 e. The van der Waals surface area contributed by atoms with Crippen LogP contribution in [0.25, 0.3) is 0 Å². The fourth-order valence-corrected chi connectivity index (χ4v) is 3.14. The lowest BCUT2D eigenvalue weighted by Gasteiger charge is -2.37. The van der Waals surface area contributed by atoms with Gasteiger partial charge in [0.1, 0.15) is 0 Å². The zero-order chi connectivity index (χ0) is 14.4. The summed E-state index contributed by atoms with van der Waals surface area (Å²) in [4.78, 5) is 14.5. The molecule has 2 unspecified atom stereocenters. The molecule has 0 aliphatic carbocycles. The maximum absolute atomic E-state index is 12.0. The quantitative estimate of drug-likeness (QED) is 0.749. The van der Waals surface area contributed by atoms with Crippen LogP contribution in [-0.2, 0) is 9.53 Å². The summed E-state index contributed by atoms with van der Waals surface area (Å²) < 4.78 is 5.41. The van der Waals surface area contributed by atoms with Crippen molar-refractivity contribution in [3.63, 3.8) is 0 Å². The molecule has 2 fully saturated rings. The second-order valence-electron chi connectivity index (χ2n) is 6.26. The predicted molar refractivity (Wildman–Crippen MR) is 79.7 cm³/mol. The molecule has 5 nitrogen and oxygen atoms in total. The molecule has 0 aromatic heterocycles. The molecular weight excluding hydrogens is 254 g/mol. The minimum absolute atomic E-state index is 0.184. The highest BCUT2D eigenvalue weighted by atomic mass is 16.5. The van der Waals surface area contributed by atoms with Crippen molar-refractivity contribution in [2.75, 3.05) is 39.4 Å². The zero-order valence-corrected chi connectivity index (χ0v) is 12.9. The summed E-state index contributed by atoms with van der Waals surface area (Å²) >= 11 is 0. The number of amides is 1. The number of carbonyl (C=O) groups excluding carboxylic acids is 1. The Labute approximate surface area is 122 Å². The fraction of sp³-hybridized carbons (Fsp3) is 0.933. The van der Waals surface area contributed by atoms with Crippen molar-refractivity contribution >= 4 is 5.91 Å². The van der Waals surface area contributed by atoms with Crippen molar-refractivity contribution in [2.24, 2.45) is 5.92 Å². The van der Waals surface area contributed by atoms with E-state index in [2.05, 4.69) is 29.4 Å². The van der Waals surface area contributed by atoms with Gasteiger partial charge in [-0.15, -0.1) is 0 Å². The molecule has 0 aromatic carbocycles. The number of morpholine rings is 1. The first-order valence-corrected chi connectivity index (χ1v) is 7.98. The number of carbonyl (C=O) groups is 1. The lowest BCUT2D eigenvalue weighted by molar-refractivity contribution is -0.122. The summed E-state index contributed by atoms with van der Waals surface area (Å²) in [6.45, 7) is 9.83. The van der Waals surface area contributed by atoms with Crippen LogP contribution in [0.15, 0.2) is 0 Å². The summed E-state index contributed by atoms with van der Waals surface area (Å²) in [5, 5.41) is 6.50. The molecule has 2 heterocycles. The molecule has 1 amide bonds. The first-order chi connectivity index (χ1) is 9.66. The Kier molecular flexibility index (Phi) is 6.26. The van der Waals surface area contributed by atoms with E-state index in [1.807, 2.05) is 0 Å². The Morgan fingerprint density at radius 3 is 2.75 bits per heavy atom. The lowest BCUT2D eigenvalue weighted by Crippen LogP contribution is -2.51. The van der Waals surface area contributed by atoms with Crippen LogP contribution in [0.3, 0.4) is 0 Å². The number of rotatable bonds is 6. The van der Waals surface area contributed by atoms with E-state index in [0.29, 0.717) is 24.4 Å². The average Bonchev–Trinajstić information content (AvgIpc) is 2.92. The molecule has 2 rings (SSSR count). The van der Waals surface area contributed by atoms with Gasteiger partial charge in [0.25, 0.3) is 0 Å². The third kappa shape index (κ3) is 4.72. The Bertz CT molecular complexity index is 297. The van der Waals surface area contributed by atoms with Crippen molar-refractivity contribution in [3.8, 4) is 0 Å². The number of hydrogen-bond acceptors (Lipinski definition) is 4. The third-order valence-electron chi connectivity index (χ3n) is 4.39. The van der Waals surface area contributed by atoms with Crippen LogP contribution in [0.4, 0.5) is 0 Å². The number of ether oxygens (including phenoxy) is 1. The van der Waals surface area contributed by atoms with Crippen LogP contribution >= 0.6 is 0 Å². The fourth-order valence-electron chi connectivity index (χ4n) is 3.14. The van der Waals surface area contributed by atoms with Gasteiger partial charge in [0.2, 0.25) is 5.91 Å². The van der Waals surface area contributed by atoms with E-state index in [-0.39, 0.29) is 5.91 Å². The van der Waals surface area contributed by atoms with Crippen molar-refractivity contribution in [2.45, 2.75) is 45.2 Å². The molecule has 0 saturated carbocycles. The van der Waals surface area contributed by atoms with Gasteiger partial charge in [-0.3, -0.25) is 9.69 Å². The molecule has 5 heteroatoms. The van der Waals surface area contributed by atoms with E-state index >= 15 is 0 Å². The van der Waals surface area contributed by atoms with Gasteiger partial charge in [-0.2, -0.15) is 0 Å². The van der Waals surface area contributed by atoms with Gasteiger partial charge in [0.05, 0.1) is 13.2 Å². The van der Waals surface area contributed by atoms with Gasteiger partial charge in [0, 0.05) is 38.1 Å². The van der Waals surface area contributed by atoms with Gasteiger partial charge in [-0.1, -0.05) is 13.8 Å². The number of nitrogens with one attached hydrogen (secondary N) is 2. The van der Waals surface area contributed by atoms with Crippen molar-refractivity contribution in [1.82, 2.24) is 15.5 Å². The van der Waals surface area contributed by atoms with Gasteiger partial charge in [0.15, 0.2) is 0 Å². The molecule has 2 atom stereocenters. The number of nitrogens with zero attached hydrogens (tertiary/aromatic N) is 1. The van der Waals surface area contributed by atoms with Crippen LogP contribution < -0.4 is 10.6 Å². The second-order valence-corrected chi connectivity index (χ2v) is 6.26. The van der Waals surface area contributed by atoms with Gasteiger partial charge < -0.3 is 15.4 Å². The van der Waals surface area contributed by atoms with Crippen LogP contribution in [-0.4, -0.2) is 62.3 Å². The molecule has 20 heavy (non-hydrogen) atoms. The van der Waals surface area contributed by atoms with Crippen LogP contribution in [0, 0.1) is 5.92 Å². The molecule has 2 aliphatic rings. The summed E-state index contributed by atoms with van der Waals surface area (Å²) in [6, 6.07) is 0.801. The molecular formula is C15H29N3O2. The standard InChI is InChI=1S/C15H29N3O2/c1-12(2)14(18-6-8-20-9-7-18)11-17-15(19)10-13-4-3-5-16-13/h12-14,16H,3-11H2,1-2H3,(H,17,19). The molecule has 0 spiro atoms. The van der Waals surface area contributed by atoms with E-state index in [1.54, 1.807) is 0 Å². The largest absolute Gasteiger partial charge is 0.379 e. The molecule has 0 aromatic rings. The Morgan fingerprint density at radius 2 is 2.15 bits per heavy atom. The molecule has 2 saturated heterocycles. The molecule has 116 valence electrons. The van der Waals surface area contributed by atoms with Crippen molar-refractivity contribution < 1.29 is 9.53 Å². The van der Waals surface area contributed by atoms with E-state index < -0.39 is 0 Å². The first-order valence-electron chi connectivity index (χ1n) is 7.98. The lowest BCUT2D eigenvalue weighted by atomic mass is 10.0. The third-order valence-corrected chi connectivity index (χ3v) is 4.39. The van der Waals surface area contributed by atoms with Crippen LogP contribution in [0.5, 0.6) is 0 Å². The molecule has 0 radical (unpaired) electrons. The van der Waals surface area contributed by atoms with Crippen molar-refractivity contribution in [1.29, 1.82) is 0 Å². The Morgan fingerprint density at radius 1 is 1.40 bits per heavy atom. The highest BCUT2D eigenvalue weighted by Gasteiger charge is 2.25. The van der Waals surface area contributed by atoms with Gasteiger partial charge in [-0.25, -0.2) is 0 Å². The number of hydrogen-bond donors (Lipinski definition) is 2. The molecule has 0 bridgehead atoms. The topological polar surface area (TPSA) is 53.6 Å². The van der Waals surface area contributed by atoms with Crippen LogP contribution in [0.1, 0.15) is 33.1 Å². The molecule has 2 aliphatic heterocycles.